The summed E-state index contributed by atoms with van der Waals surface area (Å²) in [4.78, 5) is 56.5. The molecule has 3 aromatic heterocycles. The maximum Gasteiger partial charge on any atom is 0.311 e. The average Bonchev–Trinajstić information content (AvgIpc) is 3.81. The Labute approximate surface area is 264 Å². The summed E-state index contributed by atoms with van der Waals surface area (Å²) >= 11 is 2.77. The van der Waals surface area contributed by atoms with E-state index >= 15 is 0 Å². The first kappa shape index (κ1) is 31.3. The second-order valence-electron chi connectivity index (χ2n) is 9.42. The van der Waals surface area contributed by atoms with Gasteiger partial charge in [0, 0.05) is 11.8 Å². The topological polar surface area (TPSA) is 158 Å². The molecule has 0 unspecified atom stereocenters. The summed E-state index contributed by atoms with van der Waals surface area (Å²) in [6.45, 7) is 3.92. The minimum Gasteiger partial charge on any atom is -0.498 e. The lowest BCUT2D eigenvalue weighted by atomic mass is 10.1. The predicted octanol–water partition coefficient (Wildman–Crippen LogP) is 4.36. The first-order valence-corrected chi connectivity index (χ1v) is 15.3. The van der Waals surface area contributed by atoms with E-state index < -0.39 is 11.9 Å². The van der Waals surface area contributed by atoms with Crippen LogP contribution < -0.4 is 10.6 Å². The Bertz CT molecular complexity index is 1950. The number of carbonyl (C=O) groups excluding carboxylic acids is 3. The number of rotatable bonds is 8. The van der Waals surface area contributed by atoms with Gasteiger partial charge in [0.25, 0.3) is 11.5 Å². The van der Waals surface area contributed by atoms with Gasteiger partial charge in [0.05, 0.1) is 59.8 Å². The molecule has 13 nitrogen and oxygen atoms in total. The first-order valence-electron chi connectivity index (χ1n) is 13.6. The smallest absolute Gasteiger partial charge is 0.311 e. The molecule has 0 atom stereocenters. The fourth-order valence-corrected chi connectivity index (χ4v) is 6.21. The molecule has 15 heteroatoms. The number of hydrazone groups is 1. The number of ether oxygens (including phenoxy) is 3. The maximum absolute atomic E-state index is 12.9. The van der Waals surface area contributed by atoms with E-state index in [9.17, 15) is 19.2 Å². The van der Waals surface area contributed by atoms with E-state index in [1.165, 1.54) is 52.7 Å². The maximum atomic E-state index is 12.9. The normalized spacial score (nSPS) is 13.8. The van der Waals surface area contributed by atoms with Crippen LogP contribution in [0.3, 0.4) is 0 Å². The molecule has 45 heavy (non-hydrogen) atoms. The summed E-state index contributed by atoms with van der Waals surface area (Å²) in [6.07, 6.45) is -0.0764. The summed E-state index contributed by atoms with van der Waals surface area (Å²) in [5, 5.41) is 9.42. The summed E-state index contributed by atoms with van der Waals surface area (Å²) < 4.78 is 18.0. The highest BCUT2D eigenvalue weighted by Crippen LogP contribution is 2.33. The molecule has 1 aliphatic rings. The van der Waals surface area contributed by atoms with Crippen LogP contribution in [0.2, 0.25) is 0 Å². The molecule has 0 bridgehead atoms. The molecule has 6 rings (SSSR count). The van der Waals surface area contributed by atoms with Gasteiger partial charge < -0.3 is 14.2 Å². The summed E-state index contributed by atoms with van der Waals surface area (Å²) in [5.74, 6) is -0.801. The van der Waals surface area contributed by atoms with Crippen molar-refractivity contribution in [3.8, 4) is 5.13 Å². The number of H-pyrrole nitrogens is 1. The third-order valence-corrected chi connectivity index (χ3v) is 8.48. The number of nitrogens with one attached hydrogen (secondary N) is 1. The fourth-order valence-electron chi connectivity index (χ4n) is 4.36. The Morgan fingerprint density at radius 3 is 2.04 bits per heavy atom. The third kappa shape index (κ3) is 6.84. The highest BCUT2D eigenvalue weighted by atomic mass is 32.1. The van der Waals surface area contributed by atoms with Gasteiger partial charge in [-0.1, -0.05) is 46.9 Å². The number of carbonyl (C=O) groups is 3. The molecule has 5 aromatic rings. The van der Waals surface area contributed by atoms with Crippen molar-refractivity contribution in [1.29, 1.82) is 0 Å². The lowest BCUT2D eigenvalue weighted by Crippen LogP contribution is -2.22. The van der Waals surface area contributed by atoms with Gasteiger partial charge >= 0.3 is 11.9 Å². The van der Waals surface area contributed by atoms with E-state index in [1.54, 1.807) is 6.92 Å². The second-order valence-corrected chi connectivity index (χ2v) is 11.4. The van der Waals surface area contributed by atoms with E-state index in [0.717, 1.165) is 20.4 Å². The number of benzene rings is 2. The number of nitrogens with zero attached hydrogens (tertiary/aromatic N) is 5. The molecular weight excluding hydrogens is 620 g/mol. The lowest BCUT2D eigenvalue weighted by molar-refractivity contribution is -0.140. The van der Waals surface area contributed by atoms with Crippen molar-refractivity contribution in [2.75, 3.05) is 25.8 Å². The second kappa shape index (κ2) is 13.7. The number of anilines is 1. The number of esters is 2. The standard InChI is InChI=1S/C17H17N3O4S.C13H11N3O3S/c1-4-24-10(2)15-12(9-14(21)23-3)19-20(16(15)22)17-18-11-7-5-6-8-13(11)25-17;1-19-12(18)7-8-6-11(17)16(15-8)13-14-9-4-2-3-5-10(9)20-13/h5-8H,4,9H2,1-3H3;2-6,15H,7H2,1H3/b15-10+;. The number of methoxy groups -OCH3 is 2. The zero-order valence-electron chi connectivity index (χ0n) is 24.7. The number of aromatic nitrogens is 4. The Morgan fingerprint density at radius 1 is 0.867 bits per heavy atom. The highest BCUT2D eigenvalue weighted by Gasteiger charge is 2.36. The number of para-hydroxylation sites is 2. The molecule has 232 valence electrons. The molecule has 2 aromatic carbocycles. The van der Waals surface area contributed by atoms with Crippen molar-refractivity contribution in [3.05, 3.63) is 82.0 Å². The minimum absolute atomic E-state index is 0.0314. The van der Waals surface area contributed by atoms with Crippen LogP contribution in [0.25, 0.3) is 25.6 Å². The molecule has 0 spiro atoms. The molecule has 0 saturated heterocycles. The van der Waals surface area contributed by atoms with Crippen LogP contribution in [0.1, 0.15) is 26.0 Å². The van der Waals surface area contributed by atoms with Crippen LogP contribution in [0.4, 0.5) is 5.13 Å². The number of amides is 1. The van der Waals surface area contributed by atoms with Crippen molar-refractivity contribution < 1.29 is 28.6 Å². The van der Waals surface area contributed by atoms with Gasteiger partial charge in [-0.05, 0) is 38.1 Å². The predicted molar refractivity (Wildman–Crippen MR) is 171 cm³/mol. The van der Waals surface area contributed by atoms with E-state index in [4.69, 9.17) is 9.47 Å². The van der Waals surface area contributed by atoms with Gasteiger partial charge in [0.1, 0.15) is 11.3 Å². The largest absolute Gasteiger partial charge is 0.498 e. The van der Waals surface area contributed by atoms with Crippen molar-refractivity contribution in [2.45, 2.75) is 26.7 Å². The number of aromatic amines is 1. The number of allylic oxidation sites excluding steroid dienone is 1. The summed E-state index contributed by atoms with van der Waals surface area (Å²) in [5.41, 5.74) is 2.49. The summed E-state index contributed by atoms with van der Waals surface area (Å²) in [7, 11) is 2.61. The van der Waals surface area contributed by atoms with Crippen molar-refractivity contribution in [3.63, 3.8) is 0 Å². The van der Waals surface area contributed by atoms with Crippen LogP contribution in [0.15, 0.2) is 75.8 Å². The van der Waals surface area contributed by atoms with Gasteiger partial charge in [0.2, 0.25) is 10.3 Å². The molecule has 0 radical (unpaired) electrons. The van der Waals surface area contributed by atoms with Crippen LogP contribution in [-0.4, -0.2) is 64.1 Å². The molecular formula is C30H28N6O7S2. The van der Waals surface area contributed by atoms with Crippen LogP contribution in [0, 0.1) is 0 Å². The monoisotopic (exact) mass is 648 g/mol. The molecule has 1 amide bonds. The van der Waals surface area contributed by atoms with Crippen molar-refractivity contribution in [1.82, 2.24) is 19.7 Å². The average molecular weight is 649 g/mol. The minimum atomic E-state index is -0.473. The van der Waals surface area contributed by atoms with E-state index in [2.05, 4.69) is 24.9 Å². The van der Waals surface area contributed by atoms with Gasteiger partial charge in [-0.3, -0.25) is 24.3 Å². The van der Waals surface area contributed by atoms with E-state index in [1.807, 2.05) is 55.5 Å². The number of fused-ring (bicyclic) bond motifs is 2. The fraction of sp³-hybridized carbons (Fsp3) is 0.233. The van der Waals surface area contributed by atoms with Crippen LogP contribution in [0.5, 0.6) is 0 Å². The molecule has 0 saturated carbocycles. The van der Waals surface area contributed by atoms with Crippen molar-refractivity contribution in [2.24, 2.45) is 5.10 Å². The number of hydrogen-bond acceptors (Lipinski definition) is 12. The zero-order valence-corrected chi connectivity index (χ0v) is 26.4. The lowest BCUT2D eigenvalue weighted by Gasteiger charge is -2.09. The number of thiazole rings is 2. The molecule has 1 N–H and O–H groups in total. The zero-order chi connectivity index (χ0) is 32.1. The van der Waals surface area contributed by atoms with Gasteiger partial charge in [-0.25, -0.2) is 9.97 Å². The Kier molecular flexibility index (Phi) is 9.49. The summed E-state index contributed by atoms with van der Waals surface area (Å²) in [6, 6.07) is 16.6. The van der Waals surface area contributed by atoms with E-state index in [0.29, 0.717) is 34.0 Å². The Morgan fingerprint density at radius 2 is 1.44 bits per heavy atom. The third-order valence-electron chi connectivity index (χ3n) is 6.44. The Balaban J connectivity index is 0.000000182. The van der Waals surface area contributed by atoms with Gasteiger partial charge in [-0.2, -0.15) is 14.8 Å². The quantitative estimate of drug-likeness (QED) is 0.147. The SMILES string of the molecule is CCO/C(C)=C1/C(=O)N(c2nc3ccccc3s2)N=C1CC(=O)OC.COC(=O)Cc1cc(=O)n(-c2nc3ccccc3s2)[nH]1. The molecule has 4 heterocycles. The van der Waals surface area contributed by atoms with Gasteiger partial charge in [0.15, 0.2) is 0 Å². The molecule has 0 fully saturated rings. The van der Waals surface area contributed by atoms with Crippen LogP contribution >= 0.6 is 22.7 Å². The van der Waals surface area contributed by atoms with Crippen molar-refractivity contribution >= 4 is 71.8 Å². The highest BCUT2D eigenvalue weighted by molar-refractivity contribution is 7.22. The van der Waals surface area contributed by atoms with E-state index in [-0.39, 0.29) is 29.9 Å². The van der Waals surface area contributed by atoms with Crippen LogP contribution in [-0.2, 0) is 35.0 Å². The molecule has 1 aliphatic heterocycles. The number of hydrogen-bond donors (Lipinski definition) is 1. The van der Waals surface area contributed by atoms with Gasteiger partial charge in [-0.15, -0.1) is 0 Å². The first-order chi connectivity index (χ1) is 21.7. The Hall–Kier alpha value is -5.15. The molecule has 0 aliphatic carbocycles.